The van der Waals surface area contributed by atoms with E-state index in [0.717, 1.165) is 5.56 Å². The number of ketones is 1. The Morgan fingerprint density at radius 2 is 1.86 bits per heavy atom. The molecule has 0 fully saturated rings. The average molecular weight is 483 g/mol. The van der Waals surface area contributed by atoms with Crippen LogP contribution < -0.4 is 10.1 Å². The highest BCUT2D eigenvalue weighted by atomic mass is 19.1. The third-order valence-electron chi connectivity index (χ3n) is 5.96. The molecule has 0 saturated heterocycles. The number of carbonyl (C=O) groups excluding carboxylic acids is 2. The summed E-state index contributed by atoms with van der Waals surface area (Å²) in [5.74, 6) is -0.776. The van der Waals surface area contributed by atoms with Crippen LogP contribution in [0.2, 0.25) is 0 Å². The van der Waals surface area contributed by atoms with Crippen molar-refractivity contribution in [2.75, 3.05) is 12.4 Å². The molecule has 0 spiro atoms. The van der Waals surface area contributed by atoms with Crippen molar-refractivity contribution >= 4 is 22.9 Å². The number of hydrogen-bond acceptors (Lipinski definition) is 4. The van der Waals surface area contributed by atoms with Crippen molar-refractivity contribution < 1.29 is 18.7 Å². The monoisotopic (exact) mass is 482 g/mol. The van der Waals surface area contributed by atoms with Crippen LogP contribution in [-0.2, 0) is 6.54 Å². The smallest absolute Gasteiger partial charge is 0.257 e. The molecule has 0 bridgehead atoms. The molecule has 0 aliphatic rings. The van der Waals surface area contributed by atoms with Gasteiger partial charge in [0.1, 0.15) is 5.75 Å². The van der Waals surface area contributed by atoms with E-state index in [-0.39, 0.29) is 17.0 Å². The number of amides is 1. The van der Waals surface area contributed by atoms with Crippen LogP contribution in [0.15, 0.2) is 85.3 Å². The van der Waals surface area contributed by atoms with Crippen LogP contribution in [0.25, 0.3) is 16.6 Å². The Kier molecular flexibility index (Phi) is 6.08. The summed E-state index contributed by atoms with van der Waals surface area (Å²) < 4.78 is 24.1. The molecule has 0 atom stereocenters. The summed E-state index contributed by atoms with van der Waals surface area (Å²) in [6, 6.07) is 19.5. The fourth-order valence-electron chi connectivity index (χ4n) is 4.16. The largest absolute Gasteiger partial charge is 0.497 e. The maximum Gasteiger partial charge on any atom is 0.257 e. The third kappa shape index (κ3) is 4.36. The van der Waals surface area contributed by atoms with E-state index < -0.39 is 11.7 Å². The zero-order chi connectivity index (χ0) is 25.2. The topological polar surface area (TPSA) is 77.6 Å². The fourth-order valence-corrected chi connectivity index (χ4v) is 4.16. The number of nitrogens with zero attached hydrogens (tertiary/aromatic N) is 3. The minimum absolute atomic E-state index is 0.0277. The van der Waals surface area contributed by atoms with E-state index in [0.29, 0.717) is 34.6 Å². The molecule has 5 aromatic rings. The first-order chi connectivity index (χ1) is 17.4. The summed E-state index contributed by atoms with van der Waals surface area (Å²) in [7, 11) is 1.52. The molecule has 8 heteroatoms. The van der Waals surface area contributed by atoms with Crippen LogP contribution in [0.3, 0.4) is 0 Å². The van der Waals surface area contributed by atoms with Gasteiger partial charge in [0.15, 0.2) is 11.6 Å². The lowest BCUT2D eigenvalue weighted by Gasteiger charge is -2.09. The molecule has 0 aliphatic heterocycles. The molecule has 36 heavy (non-hydrogen) atoms. The number of nitrogens with one attached hydrogen (secondary N) is 1. The number of Topliss-reactive ketones (excluding diaryl/α,β-unsaturated/α-hetero) is 1. The van der Waals surface area contributed by atoms with Gasteiger partial charge in [-0.15, -0.1) is 0 Å². The number of aromatic nitrogens is 3. The van der Waals surface area contributed by atoms with E-state index in [1.54, 1.807) is 51.9 Å². The second kappa shape index (κ2) is 9.50. The van der Waals surface area contributed by atoms with Crippen molar-refractivity contribution in [3.63, 3.8) is 0 Å². The van der Waals surface area contributed by atoms with Crippen LogP contribution >= 0.6 is 0 Å². The third-order valence-corrected chi connectivity index (χ3v) is 5.96. The summed E-state index contributed by atoms with van der Waals surface area (Å²) in [6.45, 7) is 1.98. The molecular weight excluding hydrogens is 459 g/mol. The van der Waals surface area contributed by atoms with E-state index >= 15 is 4.39 Å². The number of rotatable bonds is 7. The van der Waals surface area contributed by atoms with Crippen LogP contribution in [0.5, 0.6) is 5.75 Å². The van der Waals surface area contributed by atoms with Gasteiger partial charge < -0.3 is 14.5 Å². The van der Waals surface area contributed by atoms with Crippen molar-refractivity contribution in [3.8, 4) is 16.9 Å². The number of fused-ring (bicyclic) bond motifs is 1. The first kappa shape index (κ1) is 23.0. The Labute approximate surface area is 206 Å². The van der Waals surface area contributed by atoms with E-state index in [4.69, 9.17) is 4.74 Å². The molecule has 0 unspecified atom stereocenters. The van der Waals surface area contributed by atoms with Gasteiger partial charge in [0.05, 0.1) is 42.3 Å². The standard InChI is InChI=1S/C28H23FN4O3/c1-18(34)25-14-23(26-13-21(36-2)11-12-33(25)26)28(35)31-24-10-6-9-22(27(24)29)20-15-30-32(17-20)16-19-7-4-3-5-8-19/h3-15,17H,16H2,1-2H3,(H,31,35). The van der Waals surface area contributed by atoms with Crippen molar-refractivity contribution in [3.05, 3.63) is 108 Å². The fraction of sp³-hybridized carbons (Fsp3) is 0.107. The second-order valence-corrected chi connectivity index (χ2v) is 8.35. The second-order valence-electron chi connectivity index (χ2n) is 8.35. The van der Waals surface area contributed by atoms with Crippen molar-refractivity contribution in [2.24, 2.45) is 0 Å². The van der Waals surface area contributed by atoms with Gasteiger partial charge in [-0.3, -0.25) is 14.3 Å². The molecule has 1 N–H and O–H groups in total. The molecule has 3 aromatic heterocycles. The molecule has 0 saturated carbocycles. The number of pyridine rings is 1. The normalized spacial score (nSPS) is 11.0. The van der Waals surface area contributed by atoms with Crippen LogP contribution in [0.1, 0.15) is 33.3 Å². The van der Waals surface area contributed by atoms with Gasteiger partial charge in [-0.2, -0.15) is 5.10 Å². The van der Waals surface area contributed by atoms with E-state index in [1.807, 2.05) is 30.3 Å². The molecule has 1 amide bonds. The molecule has 3 heterocycles. The molecule has 7 nitrogen and oxygen atoms in total. The lowest BCUT2D eigenvalue weighted by atomic mass is 10.1. The predicted molar refractivity (Wildman–Crippen MR) is 135 cm³/mol. The van der Waals surface area contributed by atoms with Gasteiger partial charge in [-0.1, -0.05) is 42.5 Å². The highest BCUT2D eigenvalue weighted by Crippen LogP contribution is 2.29. The summed E-state index contributed by atoms with van der Waals surface area (Å²) in [5.41, 5.74) is 3.08. The van der Waals surface area contributed by atoms with Crippen LogP contribution in [0.4, 0.5) is 10.1 Å². The minimum atomic E-state index is -0.571. The summed E-state index contributed by atoms with van der Waals surface area (Å²) >= 11 is 0. The number of halogens is 1. The van der Waals surface area contributed by atoms with Gasteiger partial charge in [0.25, 0.3) is 5.91 Å². The lowest BCUT2D eigenvalue weighted by molar-refractivity contribution is 0.101. The highest BCUT2D eigenvalue weighted by Gasteiger charge is 2.20. The Morgan fingerprint density at radius 1 is 1.06 bits per heavy atom. The molecule has 5 rings (SSSR count). The molecule has 180 valence electrons. The van der Waals surface area contributed by atoms with E-state index in [2.05, 4.69) is 10.4 Å². The number of anilines is 1. The molecular formula is C28H23FN4O3. The summed E-state index contributed by atoms with van der Waals surface area (Å²) in [4.78, 5) is 25.3. The number of ether oxygens (including phenoxy) is 1. The zero-order valence-electron chi connectivity index (χ0n) is 19.7. The molecule has 2 aromatic carbocycles. The Morgan fingerprint density at radius 3 is 2.61 bits per heavy atom. The number of methoxy groups -OCH3 is 1. The van der Waals surface area contributed by atoms with Crippen molar-refractivity contribution in [1.82, 2.24) is 14.2 Å². The van der Waals surface area contributed by atoms with Gasteiger partial charge in [-0.05, 0) is 23.8 Å². The summed E-state index contributed by atoms with van der Waals surface area (Å²) in [5, 5.41) is 7.01. The quantitative estimate of drug-likeness (QED) is 0.313. The lowest BCUT2D eigenvalue weighted by Crippen LogP contribution is -2.13. The molecule has 0 radical (unpaired) electrons. The van der Waals surface area contributed by atoms with E-state index in [9.17, 15) is 9.59 Å². The van der Waals surface area contributed by atoms with Gasteiger partial charge >= 0.3 is 0 Å². The number of carbonyl (C=O) groups is 2. The van der Waals surface area contributed by atoms with Gasteiger partial charge in [0, 0.05) is 36.5 Å². The summed E-state index contributed by atoms with van der Waals surface area (Å²) in [6.07, 6.45) is 5.03. The Balaban J connectivity index is 1.44. The number of hydrogen-bond donors (Lipinski definition) is 1. The highest BCUT2D eigenvalue weighted by molar-refractivity contribution is 6.11. The zero-order valence-corrected chi connectivity index (χ0v) is 19.7. The van der Waals surface area contributed by atoms with Crippen LogP contribution in [0, 0.1) is 5.82 Å². The first-order valence-corrected chi connectivity index (χ1v) is 11.3. The number of benzene rings is 2. The Bertz CT molecular complexity index is 1590. The predicted octanol–water partition coefficient (Wildman–Crippen LogP) is 5.45. The average Bonchev–Trinajstić information content (AvgIpc) is 3.50. The van der Waals surface area contributed by atoms with Gasteiger partial charge in [0.2, 0.25) is 0 Å². The van der Waals surface area contributed by atoms with Crippen molar-refractivity contribution in [1.29, 1.82) is 0 Å². The van der Waals surface area contributed by atoms with Crippen molar-refractivity contribution in [2.45, 2.75) is 13.5 Å². The van der Waals surface area contributed by atoms with Crippen LogP contribution in [-0.4, -0.2) is 33.0 Å². The van der Waals surface area contributed by atoms with E-state index in [1.165, 1.54) is 26.2 Å². The Hall–Kier alpha value is -4.72. The van der Waals surface area contributed by atoms with Gasteiger partial charge in [-0.25, -0.2) is 4.39 Å². The maximum atomic E-state index is 15.5. The molecule has 0 aliphatic carbocycles. The maximum absolute atomic E-state index is 15.5. The SMILES string of the molecule is COc1ccn2c(C(C)=O)cc(C(=O)Nc3cccc(-c4cnn(Cc5ccccc5)c4)c3F)c2c1. The minimum Gasteiger partial charge on any atom is -0.497 e. The first-order valence-electron chi connectivity index (χ1n) is 11.3.